The Hall–Kier alpha value is -2.26. The van der Waals surface area contributed by atoms with Crippen LogP contribution in [0.2, 0.25) is 0 Å². The molecule has 0 aromatic heterocycles. The van der Waals surface area contributed by atoms with Crippen molar-refractivity contribution in [3.05, 3.63) is 54.1 Å². The van der Waals surface area contributed by atoms with Gasteiger partial charge in [-0.15, -0.1) is 0 Å². The first-order valence-electron chi connectivity index (χ1n) is 8.00. The van der Waals surface area contributed by atoms with E-state index in [1.807, 2.05) is 0 Å². The molecule has 1 aliphatic rings. The lowest BCUT2D eigenvalue weighted by Crippen LogP contribution is -2.36. The molecule has 2 aromatic rings. The highest BCUT2D eigenvalue weighted by Gasteiger charge is 2.41. The Kier molecular flexibility index (Phi) is 4.85. The normalized spacial score (nSPS) is 16.0. The molecule has 0 amide bonds. The molecule has 9 heteroatoms. The second-order valence-electron chi connectivity index (χ2n) is 5.84. The van der Waals surface area contributed by atoms with Crippen molar-refractivity contribution in [3.63, 3.8) is 0 Å². The second-order valence-corrected chi connectivity index (χ2v) is 7.54. The summed E-state index contributed by atoms with van der Waals surface area (Å²) < 4.78 is 67.4. The second kappa shape index (κ2) is 6.81. The minimum atomic E-state index is -4.55. The maximum absolute atomic E-state index is 13.1. The highest BCUT2D eigenvalue weighted by molar-refractivity contribution is 7.95. The van der Waals surface area contributed by atoms with E-state index in [1.165, 1.54) is 16.4 Å². The molecule has 5 nitrogen and oxygen atoms in total. The predicted octanol–water partition coefficient (Wildman–Crippen LogP) is 3.52. The first-order valence-corrected chi connectivity index (χ1v) is 9.40. The van der Waals surface area contributed by atoms with E-state index in [0.29, 0.717) is 24.3 Å². The van der Waals surface area contributed by atoms with E-state index < -0.39 is 21.9 Å². The van der Waals surface area contributed by atoms with Gasteiger partial charge in [0.25, 0.3) is 0 Å². The minimum absolute atomic E-state index is 0.0385. The molecular formula is C17H18F3N3O2S. The Morgan fingerprint density at radius 3 is 2.38 bits per heavy atom. The van der Waals surface area contributed by atoms with E-state index in [1.54, 1.807) is 31.3 Å². The first-order chi connectivity index (χ1) is 12.3. The van der Waals surface area contributed by atoms with Gasteiger partial charge in [-0.2, -0.15) is 21.6 Å². The number of hydrogen-bond acceptors (Lipinski definition) is 3. The largest absolute Gasteiger partial charge is 0.416 e. The highest BCUT2D eigenvalue weighted by Crippen LogP contribution is 2.46. The highest BCUT2D eigenvalue weighted by atomic mass is 32.2. The molecule has 0 fully saturated rings. The lowest BCUT2D eigenvalue weighted by atomic mass is 10.2. The molecule has 140 valence electrons. The fraction of sp³-hybridized carbons (Fsp3) is 0.294. The molecule has 2 aromatic carbocycles. The molecular weight excluding hydrogens is 367 g/mol. The zero-order valence-electron chi connectivity index (χ0n) is 14.0. The van der Waals surface area contributed by atoms with E-state index in [-0.39, 0.29) is 12.2 Å². The molecule has 1 N–H and O–H groups in total. The van der Waals surface area contributed by atoms with Gasteiger partial charge in [0.15, 0.2) is 0 Å². The third-order valence-corrected chi connectivity index (χ3v) is 5.88. The fourth-order valence-electron chi connectivity index (χ4n) is 2.91. The van der Waals surface area contributed by atoms with Gasteiger partial charge in [-0.3, -0.25) is 4.31 Å². The minimum Gasteiger partial charge on any atom is -0.320 e. The van der Waals surface area contributed by atoms with Crippen molar-refractivity contribution in [1.82, 2.24) is 5.32 Å². The number of para-hydroxylation sites is 2. The Bertz CT molecular complexity index is 900. The summed E-state index contributed by atoms with van der Waals surface area (Å²) in [6.07, 6.45) is -3.98. The number of anilines is 3. The van der Waals surface area contributed by atoms with Crippen LogP contribution in [0.3, 0.4) is 0 Å². The smallest absolute Gasteiger partial charge is 0.320 e. The third-order valence-electron chi connectivity index (χ3n) is 4.07. The quantitative estimate of drug-likeness (QED) is 0.802. The molecule has 0 aliphatic carbocycles. The van der Waals surface area contributed by atoms with Crippen LogP contribution in [0.25, 0.3) is 0 Å². The van der Waals surface area contributed by atoms with Gasteiger partial charge in [0.1, 0.15) is 0 Å². The van der Waals surface area contributed by atoms with E-state index in [4.69, 9.17) is 0 Å². The maximum Gasteiger partial charge on any atom is 0.416 e. The summed E-state index contributed by atoms with van der Waals surface area (Å²) in [6.45, 7) is 0.855. The number of benzene rings is 2. The van der Waals surface area contributed by atoms with Gasteiger partial charge in [-0.05, 0) is 50.3 Å². The van der Waals surface area contributed by atoms with Crippen molar-refractivity contribution in [2.75, 3.05) is 28.7 Å². The van der Waals surface area contributed by atoms with Crippen molar-refractivity contribution in [2.24, 2.45) is 0 Å². The van der Waals surface area contributed by atoms with Gasteiger partial charge in [0.05, 0.1) is 22.6 Å². The number of halogens is 3. The van der Waals surface area contributed by atoms with Crippen LogP contribution < -0.4 is 13.9 Å². The van der Waals surface area contributed by atoms with Crippen LogP contribution in [0.4, 0.5) is 30.2 Å². The molecule has 0 saturated heterocycles. The third kappa shape index (κ3) is 3.24. The molecule has 0 atom stereocenters. The van der Waals surface area contributed by atoms with Gasteiger partial charge in [0, 0.05) is 6.54 Å². The van der Waals surface area contributed by atoms with Crippen molar-refractivity contribution >= 4 is 27.3 Å². The molecule has 0 spiro atoms. The SMILES string of the molecule is CNCCCN1c2ccccc2N(c2cccc(C(F)(F)F)c2)S1(=O)=O. The molecule has 0 radical (unpaired) electrons. The summed E-state index contributed by atoms with van der Waals surface area (Å²) in [4.78, 5) is 0. The van der Waals surface area contributed by atoms with Crippen LogP contribution >= 0.6 is 0 Å². The summed E-state index contributed by atoms with van der Waals surface area (Å²) >= 11 is 0. The Balaban J connectivity index is 2.08. The summed E-state index contributed by atoms with van der Waals surface area (Å²) in [6, 6.07) is 10.9. The van der Waals surface area contributed by atoms with Crippen molar-refractivity contribution in [3.8, 4) is 0 Å². The average molecular weight is 385 g/mol. The van der Waals surface area contributed by atoms with E-state index in [2.05, 4.69) is 5.32 Å². The summed E-state index contributed by atoms with van der Waals surface area (Å²) in [5.74, 6) is 0. The van der Waals surface area contributed by atoms with Gasteiger partial charge in [-0.1, -0.05) is 18.2 Å². The molecule has 0 saturated carbocycles. The summed E-state index contributed by atoms with van der Waals surface area (Å²) in [7, 11) is -2.25. The fourth-order valence-corrected chi connectivity index (χ4v) is 4.65. The van der Waals surface area contributed by atoms with Crippen LogP contribution in [-0.2, 0) is 16.4 Å². The number of hydrogen-bond donors (Lipinski definition) is 1. The predicted molar refractivity (Wildman–Crippen MR) is 94.8 cm³/mol. The molecule has 0 unspecified atom stereocenters. The van der Waals surface area contributed by atoms with Gasteiger partial charge in [0.2, 0.25) is 0 Å². The topological polar surface area (TPSA) is 52.6 Å². The first kappa shape index (κ1) is 18.5. The van der Waals surface area contributed by atoms with Crippen LogP contribution in [0.1, 0.15) is 12.0 Å². The van der Waals surface area contributed by atoms with Gasteiger partial charge < -0.3 is 5.32 Å². The Morgan fingerprint density at radius 2 is 1.73 bits per heavy atom. The molecule has 1 heterocycles. The zero-order chi connectivity index (χ0) is 18.9. The van der Waals surface area contributed by atoms with Gasteiger partial charge in [-0.25, -0.2) is 4.31 Å². The molecule has 1 aliphatic heterocycles. The van der Waals surface area contributed by atoms with Crippen molar-refractivity contribution < 1.29 is 21.6 Å². The van der Waals surface area contributed by atoms with E-state index >= 15 is 0 Å². The molecule has 26 heavy (non-hydrogen) atoms. The number of nitrogens with one attached hydrogen (secondary N) is 1. The number of alkyl halides is 3. The number of nitrogens with zero attached hydrogens (tertiary/aromatic N) is 2. The van der Waals surface area contributed by atoms with Crippen LogP contribution in [0.5, 0.6) is 0 Å². The number of rotatable bonds is 5. The van der Waals surface area contributed by atoms with Crippen LogP contribution in [-0.4, -0.2) is 28.6 Å². The summed E-state index contributed by atoms with van der Waals surface area (Å²) in [5.41, 5.74) is -0.128. The Morgan fingerprint density at radius 1 is 1.04 bits per heavy atom. The monoisotopic (exact) mass is 385 g/mol. The molecule has 0 bridgehead atoms. The van der Waals surface area contributed by atoms with Gasteiger partial charge >= 0.3 is 16.4 Å². The van der Waals surface area contributed by atoms with Crippen LogP contribution in [0, 0.1) is 0 Å². The maximum atomic E-state index is 13.1. The summed E-state index contributed by atoms with van der Waals surface area (Å²) in [5, 5.41) is 2.95. The van der Waals surface area contributed by atoms with Crippen molar-refractivity contribution in [2.45, 2.75) is 12.6 Å². The van der Waals surface area contributed by atoms with E-state index in [0.717, 1.165) is 16.4 Å². The van der Waals surface area contributed by atoms with Crippen LogP contribution in [0.15, 0.2) is 48.5 Å². The number of fused-ring (bicyclic) bond motifs is 1. The lowest BCUT2D eigenvalue weighted by Gasteiger charge is -2.22. The standard InChI is InChI=1S/C17H18F3N3O2S/c1-21-10-5-11-22-15-8-2-3-9-16(15)23(26(22,24)25)14-7-4-6-13(12-14)17(18,19)20/h2-4,6-9,12,21H,5,10-11H2,1H3. The Labute approximate surface area is 150 Å². The average Bonchev–Trinajstić information content (AvgIpc) is 2.81. The molecule has 3 rings (SSSR count). The van der Waals surface area contributed by atoms with Crippen molar-refractivity contribution in [1.29, 1.82) is 0 Å². The lowest BCUT2D eigenvalue weighted by molar-refractivity contribution is -0.137. The van der Waals surface area contributed by atoms with E-state index in [9.17, 15) is 21.6 Å². The zero-order valence-corrected chi connectivity index (χ0v) is 14.8.